The van der Waals surface area contributed by atoms with Crippen LogP contribution in [0.4, 0.5) is 10.1 Å². The number of amides is 2. The standard InChI is InChI=1S/C14H12FNO2/c1-2-3-6-10-9-13(17)16(14(10)18)12-8-5-4-7-11(12)15/h2-8H,9H2,1H3. The first-order chi connectivity index (χ1) is 8.65. The molecule has 1 fully saturated rings. The Labute approximate surface area is 104 Å². The number of carbonyl (C=O) groups excluding carboxylic acids is 2. The van der Waals surface area contributed by atoms with Crippen molar-refractivity contribution in [3.63, 3.8) is 0 Å². The summed E-state index contributed by atoms with van der Waals surface area (Å²) in [6.45, 7) is 1.81. The van der Waals surface area contributed by atoms with Crippen LogP contribution in [0.15, 0.2) is 48.1 Å². The number of hydrogen-bond acceptors (Lipinski definition) is 2. The van der Waals surface area contributed by atoms with Crippen LogP contribution in [0.1, 0.15) is 13.3 Å². The molecule has 1 heterocycles. The van der Waals surface area contributed by atoms with Gasteiger partial charge in [-0.15, -0.1) is 0 Å². The maximum Gasteiger partial charge on any atom is 0.261 e. The first-order valence-corrected chi connectivity index (χ1v) is 5.59. The van der Waals surface area contributed by atoms with E-state index in [1.165, 1.54) is 18.2 Å². The second-order valence-corrected chi connectivity index (χ2v) is 3.88. The van der Waals surface area contributed by atoms with Crippen molar-refractivity contribution < 1.29 is 14.0 Å². The molecule has 0 N–H and O–H groups in total. The van der Waals surface area contributed by atoms with E-state index >= 15 is 0 Å². The van der Waals surface area contributed by atoms with Gasteiger partial charge in [0.25, 0.3) is 5.91 Å². The van der Waals surface area contributed by atoms with E-state index < -0.39 is 17.6 Å². The van der Waals surface area contributed by atoms with Gasteiger partial charge in [0.05, 0.1) is 12.1 Å². The summed E-state index contributed by atoms with van der Waals surface area (Å²) < 4.78 is 13.6. The highest BCUT2D eigenvalue weighted by Gasteiger charge is 2.35. The van der Waals surface area contributed by atoms with Crippen molar-refractivity contribution >= 4 is 17.5 Å². The molecule has 1 aliphatic heterocycles. The minimum absolute atomic E-state index is 0.0105. The van der Waals surface area contributed by atoms with Crippen LogP contribution in [-0.4, -0.2) is 11.8 Å². The van der Waals surface area contributed by atoms with Gasteiger partial charge in [-0.05, 0) is 19.1 Å². The molecule has 4 heteroatoms. The third kappa shape index (κ3) is 2.09. The molecular formula is C14H12FNO2. The maximum absolute atomic E-state index is 13.6. The van der Waals surface area contributed by atoms with E-state index in [9.17, 15) is 14.0 Å². The van der Waals surface area contributed by atoms with Gasteiger partial charge in [-0.2, -0.15) is 0 Å². The summed E-state index contributed by atoms with van der Waals surface area (Å²) in [6.07, 6.45) is 5.04. The molecule has 0 radical (unpaired) electrons. The molecule has 0 unspecified atom stereocenters. The van der Waals surface area contributed by atoms with E-state index in [-0.39, 0.29) is 12.1 Å². The number of benzene rings is 1. The zero-order chi connectivity index (χ0) is 13.1. The van der Waals surface area contributed by atoms with Gasteiger partial charge in [-0.1, -0.05) is 30.4 Å². The fourth-order valence-electron chi connectivity index (χ4n) is 1.79. The quantitative estimate of drug-likeness (QED) is 0.593. The molecule has 1 aromatic carbocycles. The van der Waals surface area contributed by atoms with Crippen LogP contribution in [0.3, 0.4) is 0 Å². The van der Waals surface area contributed by atoms with E-state index in [2.05, 4.69) is 0 Å². The smallest absolute Gasteiger partial charge is 0.261 e. The Kier molecular flexibility index (Phi) is 3.37. The van der Waals surface area contributed by atoms with Gasteiger partial charge in [-0.25, -0.2) is 9.29 Å². The molecule has 0 aliphatic carbocycles. The van der Waals surface area contributed by atoms with E-state index in [0.717, 1.165) is 4.90 Å². The fraction of sp³-hybridized carbons (Fsp3) is 0.143. The molecule has 1 saturated heterocycles. The van der Waals surface area contributed by atoms with Crippen LogP contribution in [0.2, 0.25) is 0 Å². The molecule has 0 bridgehead atoms. The van der Waals surface area contributed by atoms with Crippen molar-refractivity contribution in [2.24, 2.45) is 0 Å². The molecule has 1 aliphatic rings. The average Bonchev–Trinajstić information content (AvgIpc) is 2.63. The molecule has 1 aromatic rings. The molecule has 0 aromatic heterocycles. The first kappa shape index (κ1) is 12.2. The van der Waals surface area contributed by atoms with Crippen molar-refractivity contribution in [3.8, 4) is 0 Å². The lowest BCUT2D eigenvalue weighted by Crippen LogP contribution is -2.29. The monoisotopic (exact) mass is 245 g/mol. The Balaban J connectivity index is 2.39. The van der Waals surface area contributed by atoms with Crippen molar-refractivity contribution in [1.29, 1.82) is 0 Å². The van der Waals surface area contributed by atoms with Crippen molar-refractivity contribution in [2.75, 3.05) is 4.90 Å². The first-order valence-electron chi connectivity index (χ1n) is 5.59. The van der Waals surface area contributed by atoms with E-state index in [0.29, 0.717) is 5.57 Å². The molecular weight excluding hydrogens is 233 g/mol. The number of nitrogens with zero attached hydrogens (tertiary/aromatic N) is 1. The summed E-state index contributed by atoms with van der Waals surface area (Å²) in [5.41, 5.74) is 0.387. The zero-order valence-corrected chi connectivity index (χ0v) is 9.89. The second kappa shape index (κ2) is 4.96. The van der Waals surface area contributed by atoms with E-state index in [1.807, 2.05) is 6.92 Å². The van der Waals surface area contributed by atoms with Gasteiger partial charge < -0.3 is 0 Å². The number of hydrogen-bond donors (Lipinski definition) is 0. The minimum Gasteiger partial charge on any atom is -0.274 e. The molecule has 0 atom stereocenters. The SMILES string of the molecule is CC=CC=C1CC(=O)N(c2ccccc2F)C1=O. The number of imide groups is 1. The second-order valence-electron chi connectivity index (χ2n) is 3.88. The Hall–Kier alpha value is -2.23. The van der Waals surface area contributed by atoms with Gasteiger partial charge >= 0.3 is 0 Å². The number of halogens is 1. The van der Waals surface area contributed by atoms with Crippen molar-refractivity contribution in [1.82, 2.24) is 0 Å². The summed E-state index contributed by atoms with van der Waals surface area (Å²) in [5.74, 6) is -1.43. The third-order valence-electron chi connectivity index (χ3n) is 2.65. The number of anilines is 1. The van der Waals surface area contributed by atoms with Crippen molar-refractivity contribution in [3.05, 3.63) is 53.9 Å². The Morgan fingerprint density at radius 2 is 2.00 bits per heavy atom. The largest absolute Gasteiger partial charge is 0.274 e. The summed E-state index contributed by atoms with van der Waals surface area (Å²) in [7, 11) is 0. The molecule has 2 amide bonds. The number of rotatable bonds is 2. The highest BCUT2D eigenvalue weighted by atomic mass is 19.1. The van der Waals surface area contributed by atoms with E-state index in [1.54, 1.807) is 24.3 Å². The van der Waals surface area contributed by atoms with E-state index in [4.69, 9.17) is 0 Å². The molecule has 0 saturated carbocycles. The van der Waals surface area contributed by atoms with Crippen molar-refractivity contribution in [2.45, 2.75) is 13.3 Å². The summed E-state index contributed by atoms with van der Waals surface area (Å²) in [6, 6.07) is 5.75. The van der Waals surface area contributed by atoms with Crippen LogP contribution in [0, 0.1) is 5.82 Å². The van der Waals surface area contributed by atoms with Gasteiger partial charge in [0.15, 0.2) is 0 Å². The van der Waals surface area contributed by atoms with Crippen LogP contribution >= 0.6 is 0 Å². The van der Waals surface area contributed by atoms with Crippen LogP contribution in [0.25, 0.3) is 0 Å². The highest BCUT2D eigenvalue weighted by molar-refractivity contribution is 6.28. The normalized spacial score (nSPS) is 18.3. The summed E-state index contributed by atoms with van der Waals surface area (Å²) in [5, 5.41) is 0. The number of carbonyl (C=O) groups is 2. The lowest BCUT2D eigenvalue weighted by molar-refractivity contribution is -0.120. The molecule has 0 spiro atoms. The zero-order valence-electron chi connectivity index (χ0n) is 9.89. The lowest BCUT2D eigenvalue weighted by Gasteiger charge is -2.13. The predicted molar refractivity (Wildman–Crippen MR) is 66.4 cm³/mol. The Bertz CT molecular complexity index is 561. The van der Waals surface area contributed by atoms with Gasteiger partial charge in [0, 0.05) is 5.57 Å². The molecule has 3 nitrogen and oxygen atoms in total. The number of allylic oxidation sites excluding steroid dienone is 3. The highest BCUT2D eigenvalue weighted by Crippen LogP contribution is 2.27. The Morgan fingerprint density at radius 1 is 1.28 bits per heavy atom. The lowest BCUT2D eigenvalue weighted by atomic mass is 10.2. The minimum atomic E-state index is -0.577. The predicted octanol–water partition coefficient (Wildman–Crippen LogP) is 2.59. The van der Waals surface area contributed by atoms with Gasteiger partial charge in [-0.3, -0.25) is 9.59 Å². The molecule has 92 valence electrons. The topological polar surface area (TPSA) is 37.4 Å². The average molecular weight is 245 g/mol. The molecule has 18 heavy (non-hydrogen) atoms. The number of para-hydroxylation sites is 1. The molecule has 2 rings (SSSR count). The van der Waals surface area contributed by atoms with Gasteiger partial charge in [0.2, 0.25) is 5.91 Å². The van der Waals surface area contributed by atoms with Crippen LogP contribution in [-0.2, 0) is 9.59 Å². The van der Waals surface area contributed by atoms with Crippen LogP contribution < -0.4 is 4.90 Å². The fourth-order valence-corrected chi connectivity index (χ4v) is 1.79. The Morgan fingerprint density at radius 3 is 2.67 bits per heavy atom. The third-order valence-corrected chi connectivity index (χ3v) is 2.65. The summed E-state index contributed by atoms with van der Waals surface area (Å²) >= 11 is 0. The van der Waals surface area contributed by atoms with Gasteiger partial charge in [0.1, 0.15) is 5.82 Å². The van der Waals surface area contributed by atoms with Crippen LogP contribution in [0.5, 0.6) is 0 Å². The summed E-state index contributed by atoms with van der Waals surface area (Å²) in [4.78, 5) is 24.7. The maximum atomic E-state index is 13.6.